The van der Waals surface area contributed by atoms with E-state index in [1.807, 2.05) is 31.2 Å². The molecular formula is C15H22N2O3S. The van der Waals surface area contributed by atoms with Gasteiger partial charge in [0, 0.05) is 38.1 Å². The number of aliphatic hydroxyl groups is 1. The third-order valence-electron chi connectivity index (χ3n) is 3.62. The van der Waals surface area contributed by atoms with E-state index in [1.165, 1.54) is 9.71 Å². The third-order valence-corrected chi connectivity index (χ3v) is 5.18. The van der Waals surface area contributed by atoms with Crippen LogP contribution in [0.5, 0.6) is 0 Å². The highest BCUT2D eigenvalue weighted by atomic mass is 32.2. The van der Waals surface area contributed by atoms with Crippen LogP contribution in [-0.2, 0) is 10.0 Å². The van der Waals surface area contributed by atoms with Gasteiger partial charge in [0.2, 0.25) is 10.0 Å². The molecule has 1 saturated heterocycles. The molecule has 0 aliphatic carbocycles. The Balaban J connectivity index is 1.97. The molecule has 6 heteroatoms. The highest BCUT2D eigenvalue weighted by molar-refractivity contribution is 7.92. The topological polar surface area (TPSA) is 60.9 Å². The zero-order valence-corrected chi connectivity index (χ0v) is 13.1. The van der Waals surface area contributed by atoms with E-state index >= 15 is 0 Å². The maximum absolute atomic E-state index is 12.3. The lowest BCUT2D eigenvalue weighted by Crippen LogP contribution is -2.48. The van der Waals surface area contributed by atoms with Crippen LogP contribution in [0.3, 0.4) is 0 Å². The number of nitrogens with zero attached hydrogens (tertiary/aromatic N) is 2. The van der Waals surface area contributed by atoms with E-state index in [0.717, 1.165) is 11.1 Å². The Bertz CT molecular complexity index is 573. The standard InChI is InChI=1S/C15H22N2O3S/c1-14-2-4-15(5-3-14)6-13-21(19,20)17-9-7-16(8-10-17)11-12-18/h2-6,13,18H,7-12H2,1H3/b13-6+. The van der Waals surface area contributed by atoms with Crippen LogP contribution in [0, 0.1) is 6.92 Å². The highest BCUT2D eigenvalue weighted by Crippen LogP contribution is 2.12. The largest absolute Gasteiger partial charge is 0.395 e. The first kappa shape index (κ1) is 16.2. The van der Waals surface area contributed by atoms with Gasteiger partial charge in [-0.2, -0.15) is 4.31 Å². The molecule has 0 spiro atoms. The van der Waals surface area contributed by atoms with Crippen molar-refractivity contribution in [2.24, 2.45) is 0 Å². The summed E-state index contributed by atoms with van der Waals surface area (Å²) in [4.78, 5) is 2.07. The van der Waals surface area contributed by atoms with Gasteiger partial charge in [0.25, 0.3) is 0 Å². The van der Waals surface area contributed by atoms with Gasteiger partial charge in [-0.25, -0.2) is 8.42 Å². The van der Waals surface area contributed by atoms with E-state index in [1.54, 1.807) is 6.08 Å². The summed E-state index contributed by atoms with van der Waals surface area (Å²) in [6, 6.07) is 7.72. The second-order valence-electron chi connectivity index (χ2n) is 5.22. The summed E-state index contributed by atoms with van der Waals surface area (Å²) >= 11 is 0. The lowest BCUT2D eigenvalue weighted by molar-refractivity contribution is 0.152. The van der Waals surface area contributed by atoms with Crippen molar-refractivity contribution in [3.8, 4) is 0 Å². The summed E-state index contributed by atoms with van der Waals surface area (Å²) in [7, 11) is -3.37. The molecule has 21 heavy (non-hydrogen) atoms. The molecule has 116 valence electrons. The number of aryl methyl sites for hydroxylation is 1. The Hall–Kier alpha value is -1.21. The summed E-state index contributed by atoms with van der Waals surface area (Å²) in [5, 5.41) is 10.2. The Kier molecular flexibility index (Phi) is 5.52. The maximum atomic E-state index is 12.3. The molecule has 1 N–H and O–H groups in total. The van der Waals surface area contributed by atoms with Gasteiger partial charge >= 0.3 is 0 Å². The van der Waals surface area contributed by atoms with Gasteiger partial charge in [0.05, 0.1) is 6.61 Å². The molecule has 0 saturated carbocycles. The fourth-order valence-electron chi connectivity index (χ4n) is 2.28. The minimum Gasteiger partial charge on any atom is -0.395 e. The molecule has 2 rings (SSSR count). The first-order chi connectivity index (χ1) is 10.0. The maximum Gasteiger partial charge on any atom is 0.236 e. The fourth-order valence-corrected chi connectivity index (χ4v) is 3.45. The molecule has 0 atom stereocenters. The number of benzene rings is 1. The number of hydrogen-bond acceptors (Lipinski definition) is 4. The number of hydrogen-bond donors (Lipinski definition) is 1. The normalized spacial score (nSPS) is 18.4. The number of sulfonamides is 1. The summed E-state index contributed by atoms with van der Waals surface area (Å²) in [5.41, 5.74) is 2.03. The number of β-amino-alcohol motifs (C(OH)–C–C–N with tert-alkyl or cyclic N) is 1. The zero-order chi connectivity index (χ0) is 15.3. The van der Waals surface area contributed by atoms with Crippen molar-refractivity contribution < 1.29 is 13.5 Å². The van der Waals surface area contributed by atoms with Crippen molar-refractivity contribution in [3.63, 3.8) is 0 Å². The third kappa shape index (κ3) is 4.64. The molecule has 1 aromatic rings. The van der Waals surface area contributed by atoms with Crippen LogP contribution in [0.2, 0.25) is 0 Å². The Morgan fingerprint density at radius 3 is 2.33 bits per heavy atom. The molecule has 1 fully saturated rings. The fraction of sp³-hybridized carbons (Fsp3) is 0.467. The monoisotopic (exact) mass is 310 g/mol. The van der Waals surface area contributed by atoms with Gasteiger partial charge in [0.1, 0.15) is 0 Å². The molecule has 1 aliphatic rings. The summed E-state index contributed by atoms with van der Waals surface area (Å²) in [5.74, 6) is 0. The van der Waals surface area contributed by atoms with Crippen LogP contribution in [0.4, 0.5) is 0 Å². The number of rotatable bonds is 5. The van der Waals surface area contributed by atoms with Crippen molar-refractivity contribution in [1.29, 1.82) is 0 Å². The molecule has 0 radical (unpaired) electrons. The minimum atomic E-state index is -3.37. The average Bonchev–Trinajstić information content (AvgIpc) is 2.48. The predicted octanol–water partition coefficient (Wildman–Crippen LogP) is 0.905. The second-order valence-corrected chi connectivity index (χ2v) is 7.04. The number of piperazine rings is 1. The quantitative estimate of drug-likeness (QED) is 0.878. The first-order valence-electron chi connectivity index (χ1n) is 7.09. The van der Waals surface area contributed by atoms with Crippen molar-refractivity contribution in [2.75, 3.05) is 39.3 Å². The van der Waals surface area contributed by atoms with Gasteiger partial charge in [-0.05, 0) is 18.6 Å². The first-order valence-corrected chi connectivity index (χ1v) is 8.60. The predicted molar refractivity (Wildman–Crippen MR) is 84.2 cm³/mol. The van der Waals surface area contributed by atoms with E-state index in [2.05, 4.69) is 4.90 Å². The molecule has 0 bridgehead atoms. The Morgan fingerprint density at radius 1 is 1.14 bits per heavy atom. The van der Waals surface area contributed by atoms with Crippen molar-refractivity contribution in [3.05, 3.63) is 40.8 Å². The van der Waals surface area contributed by atoms with Crippen molar-refractivity contribution in [1.82, 2.24) is 9.21 Å². The van der Waals surface area contributed by atoms with Gasteiger partial charge < -0.3 is 5.11 Å². The minimum absolute atomic E-state index is 0.111. The second kappa shape index (κ2) is 7.17. The summed E-state index contributed by atoms with van der Waals surface area (Å²) < 4.78 is 26.0. The van der Waals surface area contributed by atoms with E-state index in [4.69, 9.17) is 5.11 Å². The molecule has 5 nitrogen and oxygen atoms in total. The van der Waals surface area contributed by atoms with Gasteiger partial charge in [-0.15, -0.1) is 0 Å². The van der Waals surface area contributed by atoms with Crippen LogP contribution in [0.15, 0.2) is 29.7 Å². The van der Waals surface area contributed by atoms with Crippen LogP contribution >= 0.6 is 0 Å². The Morgan fingerprint density at radius 2 is 1.76 bits per heavy atom. The Labute approximate surface area is 126 Å². The molecule has 0 amide bonds. The number of aliphatic hydroxyl groups excluding tert-OH is 1. The van der Waals surface area contributed by atoms with Crippen molar-refractivity contribution >= 4 is 16.1 Å². The van der Waals surface area contributed by atoms with E-state index in [-0.39, 0.29) is 6.61 Å². The van der Waals surface area contributed by atoms with Crippen LogP contribution in [0.1, 0.15) is 11.1 Å². The van der Waals surface area contributed by atoms with Crippen molar-refractivity contribution in [2.45, 2.75) is 6.92 Å². The zero-order valence-electron chi connectivity index (χ0n) is 12.3. The SMILES string of the molecule is Cc1ccc(/C=C/S(=O)(=O)N2CCN(CCO)CC2)cc1. The molecular weight excluding hydrogens is 288 g/mol. The lowest BCUT2D eigenvalue weighted by atomic mass is 10.2. The lowest BCUT2D eigenvalue weighted by Gasteiger charge is -2.32. The van der Waals surface area contributed by atoms with Gasteiger partial charge in [0.15, 0.2) is 0 Å². The van der Waals surface area contributed by atoms with E-state index in [9.17, 15) is 8.42 Å². The van der Waals surface area contributed by atoms with E-state index in [0.29, 0.717) is 32.7 Å². The molecule has 1 aromatic carbocycles. The van der Waals surface area contributed by atoms with Gasteiger partial charge in [-0.3, -0.25) is 4.90 Å². The van der Waals surface area contributed by atoms with E-state index < -0.39 is 10.0 Å². The van der Waals surface area contributed by atoms with Crippen LogP contribution < -0.4 is 0 Å². The molecule has 0 aromatic heterocycles. The van der Waals surface area contributed by atoms with Gasteiger partial charge in [-0.1, -0.05) is 29.8 Å². The molecule has 1 heterocycles. The van der Waals surface area contributed by atoms with Crippen LogP contribution in [0.25, 0.3) is 6.08 Å². The summed E-state index contributed by atoms with van der Waals surface area (Å²) in [6.45, 7) is 4.99. The molecule has 0 unspecified atom stereocenters. The molecule has 1 aliphatic heterocycles. The highest BCUT2D eigenvalue weighted by Gasteiger charge is 2.24. The summed E-state index contributed by atoms with van der Waals surface area (Å²) in [6.07, 6.45) is 1.63. The van der Waals surface area contributed by atoms with Crippen LogP contribution in [-0.4, -0.2) is 62.1 Å². The smallest absolute Gasteiger partial charge is 0.236 e. The average molecular weight is 310 g/mol.